The Kier molecular flexibility index (Phi) is 3.23. The van der Waals surface area contributed by atoms with Gasteiger partial charge in [0, 0.05) is 0 Å². The summed E-state index contributed by atoms with van der Waals surface area (Å²) in [5.74, 6) is -0.820. The Hall–Kier alpha value is -0.940. The zero-order valence-corrected chi connectivity index (χ0v) is 11.0. The lowest BCUT2D eigenvalue weighted by Crippen LogP contribution is -2.44. The number of hydrogen-bond acceptors (Lipinski definition) is 3. The van der Waals surface area contributed by atoms with Gasteiger partial charge in [0.15, 0.2) is 0 Å². The molecule has 0 saturated carbocycles. The van der Waals surface area contributed by atoms with Gasteiger partial charge in [-0.25, -0.2) is 9.18 Å². The lowest BCUT2D eigenvalue weighted by atomic mass is 9.93. The average molecular weight is 302 g/mol. The molecule has 0 aromatic heterocycles. The summed E-state index contributed by atoms with van der Waals surface area (Å²) in [6.07, 6.45) is 0.838. The Morgan fingerprint density at radius 2 is 2.35 bits per heavy atom. The van der Waals surface area contributed by atoms with Gasteiger partial charge in [-0.15, -0.1) is 0 Å². The van der Waals surface area contributed by atoms with Crippen LogP contribution in [0, 0.1) is 5.82 Å². The maximum atomic E-state index is 13.8. The second kappa shape index (κ2) is 4.38. The number of benzene rings is 1. The van der Waals surface area contributed by atoms with E-state index in [1.807, 2.05) is 0 Å². The highest BCUT2D eigenvalue weighted by Crippen LogP contribution is 2.39. The van der Waals surface area contributed by atoms with Crippen molar-refractivity contribution in [1.82, 2.24) is 0 Å². The normalized spacial score (nSPS) is 22.4. The van der Waals surface area contributed by atoms with E-state index in [4.69, 9.17) is 10.5 Å². The van der Waals surface area contributed by atoms with Crippen molar-refractivity contribution >= 4 is 21.9 Å². The summed E-state index contributed by atoms with van der Waals surface area (Å²) < 4.78 is 19.2. The van der Waals surface area contributed by atoms with Crippen LogP contribution < -0.4 is 5.73 Å². The van der Waals surface area contributed by atoms with E-state index in [1.54, 1.807) is 19.1 Å². The highest BCUT2D eigenvalue weighted by Gasteiger charge is 2.44. The summed E-state index contributed by atoms with van der Waals surface area (Å²) in [6.45, 7) is 1.99. The SMILES string of the molecule is CCOC(=O)C1(N)CCc2c1ccc(Br)c2F. The Bertz CT molecular complexity index is 478. The standard InChI is InChI=1S/C12H13BrFNO2/c1-2-17-11(16)12(15)6-5-7-8(12)3-4-9(13)10(7)14/h3-4H,2,5-6,15H2,1H3. The van der Waals surface area contributed by atoms with Crippen LogP contribution in [0.3, 0.4) is 0 Å². The van der Waals surface area contributed by atoms with Gasteiger partial charge in [0.25, 0.3) is 0 Å². The van der Waals surface area contributed by atoms with Gasteiger partial charge in [-0.05, 0) is 52.9 Å². The second-order valence-corrected chi connectivity index (χ2v) is 4.93. The minimum atomic E-state index is -1.20. The summed E-state index contributed by atoms with van der Waals surface area (Å²) in [6, 6.07) is 3.26. The van der Waals surface area contributed by atoms with E-state index in [-0.39, 0.29) is 12.4 Å². The Balaban J connectivity index is 2.47. The highest BCUT2D eigenvalue weighted by atomic mass is 79.9. The molecule has 1 unspecified atom stereocenters. The van der Waals surface area contributed by atoms with Crippen LogP contribution in [0.4, 0.5) is 4.39 Å². The Morgan fingerprint density at radius 3 is 3.00 bits per heavy atom. The summed E-state index contributed by atoms with van der Waals surface area (Å²) in [5, 5.41) is 0. The first-order valence-electron chi connectivity index (χ1n) is 5.44. The van der Waals surface area contributed by atoms with Crippen molar-refractivity contribution < 1.29 is 13.9 Å². The average Bonchev–Trinajstić information content (AvgIpc) is 2.64. The molecule has 0 saturated heterocycles. The minimum Gasteiger partial charge on any atom is -0.464 e. The van der Waals surface area contributed by atoms with E-state index in [0.717, 1.165) is 0 Å². The van der Waals surface area contributed by atoms with Gasteiger partial charge in [0.2, 0.25) is 0 Å². The van der Waals surface area contributed by atoms with Crippen molar-refractivity contribution in [2.75, 3.05) is 6.61 Å². The number of hydrogen-bond donors (Lipinski definition) is 1. The number of carbonyl (C=O) groups excluding carboxylic acids is 1. The third kappa shape index (κ3) is 1.87. The van der Waals surface area contributed by atoms with E-state index in [0.29, 0.717) is 28.4 Å². The smallest absolute Gasteiger partial charge is 0.330 e. The van der Waals surface area contributed by atoms with Crippen LogP contribution in [0.1, 0.15) is 24.5 Å². The molecule has 92 valence electrons. The van der Waals surface area contributed by atoms with E-state index in [9.17, 15) is 9.18 Å². The minimum absolute atomic E-state index is 0.270. The number of esters is 1. The Labute approximate surface area is 107 Å². The summed E-state index contributed by atoms with van der Waals surface area (Å²) in [5.41, 5.74) is 5.91. The van der Waals surface area contributed by atoms with Crippen LogP contribution in [0.25, 0.3) is 0 Å². The fourth-order valence-corrected chi connectivity index (χ4v) is 2.56. The predicted molar refractivity (Wildman–Crippen MR) is 64.9 cm³/mol. The summed E-state index contributed by atoms with van der Waals surface area (Å²) in [4.78, 5) is 11.8. The van der Waals surface area contributed by atoms with Crippen LogP contribution in [-0.4, -0.2) is 12.6 Å². The molecule has 0 fully saturated rings. The number of carbonyl (C=O) groups is 1. The van der Waals surface area contributed by atoms with Gasteiger partial charge in [0.05, 0.1) is 11.1 Å². The molecule has 0 radical (unpaired) electrons. The largest absolute Gasteiger partial charge is 0.464 e. The molecule has 3 nitrogen and oxygen atoms in total. The molecule has 1 aliphatic carbocycles. The molecule has 0 aliphatic heterocycles. The second-order valence-electron chi connectivity index (χ2n) is 4.08. The van der Waals surface area contributed by atoms with Gasteiger partial charge < -0.3 is 10.5 Å². The quantitative estimate of drug-likeness (QED) is 0.853. The summed E-state index contributed by atoms with van der Waals surface area (Å²) in [7, 11) is 0. The van der Waals surface area contributed by atoms with Crippen LogP contribution in [-0.2, 0) is 21.5 Å². The molecule has 0 amide bonds. The molecular formula is C12H13BrFNO2. The lowest BCUT2D eigenvalue weighted by molar-refractivity contribution is -0.150. The van der Waals surface area contributed by atoms with Crippen LogP contribution in [0.2, 0.25) is 0 Å². The molecule has 1 aromatic carbocycles. The summed E-state index contributed by atoms with van der Waals surface area (Å²) >= 11 is 3.12. The van der Waals surface area contributed by atoms with E-state index in [1.165, 1.54) is 0 Å². The topological polar surface area (TPSA) is 52.3 Å². The van der Waals surface area contributed by atoms with Gasteiger partial charge in [-0.1, -0.05) is 6.07 Å². The number of rotatable bonds is 2. The molecular weight excluding hydrogens is 289 g/mol. The van der Waals surface area contributed by atoms with Gasteiger partial charge in [-0.2, -0.15) is 0 Å². The van der Waals surface area contributed by atoms with Gasteiger partial charge in [-0.3, -0.25) is 0 Å². The zero-order chi connectivity index (χ0) is 12.6. The number of nitrogens with two attached hydrogens (primary N) is 1. The van der Waals surface area contributed by atoms with Crippen molar-refractivity contribution in [3.63, 3.8) is 0 Å². The number of fused-ring (bicyclic) bond motifs is 1. The first-order chi connectivity index (χ1) is 8.00. The van der Waals surface area contributed by atoms with Gasteiger partial charge in [0.1, 0.15) is 11.4 Å². The fraction of sp³-hybridized carbons (Fsp3) is 0.417. The monoisotopic (exact) mass is 301 g/mol. The molecule has 2 rings (SSSR count). The number of halogens is 2. The van der Waals surface area contributed by atoms with Crippen LogP contribution in [0.15, 0.2) is 16.6 Å². The third-order valence-corrected chi connectivity index (χ3v) is 3.70. The van der Waals surface area contributed by atoms with Crippen molar-refractivity contribution in [2.24, 2.45) is 5.73 Å². The molecule has 1 atom stereocenters. The Morgan fingerprint density at radius 1 is 1.65 bits per heavy atom. The van der Waals surface area contributed by atoms with Crippen molar-refractivity contribution in [3.05, 3.63) is 33.5 Å². The van der Waals surface area contributed by atoms with E-state index in [2.05, 4.69) is 15.9 Å². The molecule has 0 bridgehead atoms. The van der Waals surface area contributed by atoms with Crippen molar-refractivity contribution in [2.45, 2.75) is 25.3 Å². The lowest BCUT2D eigenvalue weighted by Gasteiger charge is -2.22. The molecule has 17 heavy (non-hydrogen) atoms. The predicted octanol–water partition coefficient (Wildman–Crippen LogP) is 2.25. The molecule has 1 aromatic rings. The molecule has 0 heterocycles. The van der Waals surface area contributed by atoms with E-state index >= 15 is 0 Å². The first kappa shape index (κ1) is 12.5. The van der Waals surface area contributed by atoms with E-state index < -0.39 is 11.5 Å². The molecule has 5 heteroatoms. The van der Waals surface area contributed by atoms with Crippen molar-refractivity contribution in [1.29, 1.82) is 0 Å². The van der Waals surface area contributed by atoms with Crippen LogP contribution in [0.5, 0.6) is 0 Å². The van der Waals surface area contributed by atoms with Gasteiger partial charge >= 0.3 is 5.97 Å². The van der Waals surface area contributed by atoms with Crippen LogP contribution >= 0.6 is 15.9 Å². The van der Waals surface area contributed by atoms with Crippen molar-refractivity contribution in [3.8, 4) is 0 Å². The fourth-order valence-electron chi connectivity index (χ4n) is 2.18. The molecule has 0 spiro atoms. The zero-order valence-electron chi connectivity index (χ0n) is 9.43. The maximum absolute atomic E-state index is 13.8. The molecule has 2 N–H and O–H groups in total. The maximum Gasteiger partial charge on any atom is 0.330 e. The highest BCUT2D eigenvalue weighted by molar-refractivity contribution is 9.10. The first-order valence-corrected chi connectivity index (χ1v) is 6.23. The number of ether oxygens (including phenoxy) is 1. The molecule has 1 aliphatic rings. The third-order valence-electron chi connectivity index (χ3n) is 3.09.